The van der Waals surface area contributed by atoms with Crippen LogP contribution in [0.5, 0.6) is 11.5 Å². The molecule has 4 aromatic rings. The molecule has 0 fully saturated rings. The molecule has 2 heterocycles. The van der Waals surface area contributed by atoms with Gasteiger partial charge in [-0.15, -0.1) is 0 Å². The molecule has 0 atom stereocenters. The van der Waals surface area contributed by atoms with Gasteiger partial charge in [0.2, 0.25) is 0 Å². The molecule has 2 N–H and O–H groups in total. The summed E-state index contributed by atoms with van der Waals surface area (Å²) in [5.41, 5.74) is 8.66. The summed E-state index contributed by atoms with van der Waals surface area (Å²) in [5, 5.41) is 47.5. The molecule has 0 bridgehead atoms. The summed E-state index contributed by atoms with van der Waals surface area (Å²) in [6.45, 7) is 10.7. The number of rotatable bonds is 3. The molecule has 0 aliphatic rings. The van der Waals surface area contributed by atoms with E-state index >= 15 is 0 Å². The number of aryl methyl sites for hydroxylation is 4. The number of aliphatic carboxylic acids is 3. The zero-order chi connectivity index (χ0) is 32.1. The third-order valence-corrected chi connectivity index (χ3v) is 5.30. The standard InChI is InChI=1S/C26H24N2O2.3C2H4O2.Mn/c1-15-9-17(3)25(29)21(11-15)19-5-7-23(27-13-19)24-8-6-20(14-28-24)22-12-16(2)10-18(4)26(22)30;3*1-2(3)4;/h5-14,29-30H,1-4H3;3*1H3,(H,3,4);/q;;;;+3/p-3. The van der Waals surface area contributed by atoms with Gasteiger partial charge in [-0.2, -0.15) is 0 Å². The predicted octanol–water partition coefficient (Wildman–Crippen LogP) is 2.39. The first-order valence-electron chi connectivity index (χ1n) is 12.6. The van der Waals surface area contributed by atoms with E-state index in [2.05, 4.69) is 9.97 Å². The fourth-order valence-electron chi connectivity index (χ4n) is 3.77. The average Bonchev–Trinajstić information content (AvgIpc) is 2.88. The van der Waals surface area contributed by atoms with Crippen LogP contribution in [0, 0.1) is 27.7 Å². The third kappa shape index (κ3) is 13.2. The monoisotopic (exact) mass is 628 g/mol. The van der Waals surface area contributed by atoms with Crippen molar-refractivity contribution in [3.05, 3.63) is 83.2 Å². The van der Waals surface area contributed by atoms with Crippen LogP contribution < -0.4 is 15.3 Å². The van der Waals surface area contributed by atoms with Crippen molar-refractivity contribution < 1.29 is 57.0 Å². The van der Waals surface area contributed by atoms with E-state index in [4.69, 9.17) is 29.7 Å². The Morgan fingerprint density at radius 2 is 0.860 bits per heavy atom. The summed E-state index contributed by atoms with van der Waals surface area (Å²) in [5.74, 6) is -2.68. The van der Waals surface area contributed by atoms with Gasteiger partial charge in [0.05, 0.1) is 11.4 Å². The van der Waals surface area contributed by atoms with Gasteiger partial charge in [0.25, 0.3) is 0 Å². The zero-order valence-corrected chi connectivity index (χ0v) is 26.1. The molecule has 0 aliphatic carbocycles. The van der Waals surface area contributed by atoms with Crippen molar-refractivity contribution in [2.24, 2.45) is 0 Å². The number of pyridine rings is 2. The molecular formula is C32H33MnN2O8. The molecule has 0 amide bonds. The first-order valence-corrected chi connectivity index (χ1v) is 12.6. The molecule has 0 unspecified atom stereocenters. The molecule has 0 spiro atoms. The van der Waals surface area contributed by atoms with Crippen LogP contribution in [0.3, 0.4) is 0 Å². The van der Waals surface area contributed by atoms with E-state index in [0.717, 1.165) is 76.7 Å². The Labute approximate surface area is 261 Å². The summed E-state index contributed by atoms with van der Waals surface area (Å²) in [6.07, 6.45) is 3.52. The fourth-order valence-corrected chi connectivity index (χ4v) is 3.77. The van der Waals surface area contributed by atoms with E-state index in [-0.39, 0.29) is 28.6 Å². The molecule has 0 radical (unpaired) electrons. The summed E-state index contributed by atoms with van der Waals surface area (Å²) < 4.78 is 0. The van der Waals surface area contributed by atoms with Crippen molar-refractivity contribution in [2.75, 3.05) is 0 Å². The molecule has 226 valence electrons. The van der Waals surface area contributed by atoms with Crippen LogP contribution in [0.15, 0.2) is 60.9 Å². The Hall–Kier alpha value is -4.73. The Kier molecular flexibility index (Phi) is 16.0. The number of aromatic nitrogens is 2. The Morgan fingerprint density at radius 1 is 0.581 bits per heavy atom. The molecule has 2 aromatic heterocycles. The smallest absolute Gasteiger partial charge is 0.550 e. The van der Waals surface area contributed by atoms with Gasteiger partial charge in [0, 0.05) is 52.6 Å². The molecule has 2 aromatic carbocycles. The van der Waals surface area contributed by atoms with Gasteiger partial charge in [-0.1, -0.05) is 24.3 Å². The largest absolute Gasteiger partial charge is 3.00 e. The third-order valence-electron chi connectivity index (χ3n) is 5.30. The molecular weight excluding hydrogens is 595 g/mol. The van der Waals surface area contributed by atoms with Gasteiger partial charge < -0.3 is 39.9 Å². The number of phenols is 2. The molecule has 4 rings (SSSR count). The number of carboxylic acids is 3. The number of hydrogen-bond donors (Lipinski definition) is 2. The van der Waals surface area contributed by atoms with E-state index in [1.807, 2.05) is 76.2 Å². The molecule has 11 heteroatoms. The number of carboxylic acid groups (broad SMARTS) is 3. The van der Waals surface area contributed by atoms with Gasteiger partial charge in [-0.3, -0.25) is 9.97 Å². The van der Waals surface area contributed by atoms with Gasteiger partial charge in [-0.05, 0) is 95.0 Å². The number of aromatic hydroxyl groups is 2. The van der Waals surface area contributed by atoms with Crippen LogP contribution in [-0.4, -0.2) is 38.1 Å². The molecule has 10 nitrogen and oxygen atoms in total. The number of hydrogen-bond acceptors (Lipinski definition) is 10. The van der Waals surface area contributed by atoms with Crippen LogP contribution in [0.2, 0.25) is 0 Å². The van der Waals surface area contributed by atoms with Crippen molar-refractivity contribution in [1.82, 2.24) is 9.97 Å². The second-order valence-electron chi connectivity index (χ2n) is 9.29. The minimum Gasteiger partial charge on any atom is -0.550 e. The number of nitrogens with zero attached hydrogens (tertiary/aromatic N) is 2. The van der Waals surface area contributed by atoms with Crippen molar-refractivity contribution in [1.29, 1.82) is 0 Å². The van der Waals surface area contributed by atoms with Gasteiger partial charge in [0.15, 0.2) is 0 Å². The Bertz CT molecular complexity index is 1400. The zero-order valence-electron chi connectivity index (χ0n) is 24.9. The van der Waals surface area contributed by atoms with Crippen LogP contribution >= 0.6 is 0 Å². The number of carbonyl (C=O) groups is 3. The Morgan fingerprint density at radius 3 is 1.09 bits per heavy atom. The van der Waals surface area contributed by atoms with Crippen LogP contribution in [0.4, 0.5) is 0 Å². The number of carbonyl (C=O) groups excluding carboxylic acids is 3. The maximum Gasteiger partial charge on any atom is 3.00 e. The van der Waals surface area contributed by atoms with Gasteiger partial charge in [-0.25, -0.2) is 0 Å². The molecule has 43 heavy (non-hydrogen) atoms. The SMILES string of the molecule is CC(=O)[O-].CC(=O)[O-].CC(=O)[O-].Cc1cc(C)c(O)c(-c2ccc(-c3ccc(-c4cc(C)cc(C)c4O)cn3)nc2)c1.[Mn+3]. The summed E-state index contributed by atoms with van der Waals surface area (Å²) in [7, 11) is 0. The van der Waals surface area contributed by atoms with E-state index in [9.17, 15) is 10.2 Å². The van der Waals surface area contributed by atoms with E-state index in [1.54, 1.807) is 12.4 Å². The predicted molar refractivity (Wildman–Crippen MR) is 153 cm³/mol. The summed E-state index contributed by atoms with van der Waals surface area (Å²) in [6, 6.07) is 15.5. The van der Waals surface area contributed by atoms with Gasteiger partial charge in [0.1, 0.15) is 11.5 Å². The van der Waals surface area contributed by atoms with E-state index < -0.39 is 17.9 Å². The van der Waals surface area contributed by atoms with Crippen molar-refractivity contribution in [3.63, 3.8) is 0 Å². The Balaban J connectivity index is 0.00000116. The first kappa shape index (κ1) is 38.3. The maximum atomic E-state index is 10.4. The molecule has 0 aliphatic heterocycles. The summed E-state index contributed by atoms with van der Waals surface area (Å²) in [4.78, 5) is 35.8. The fraction of sp³-hybridized carbons (Fsp3) is 0.219. The normalized spacial score (nSPS) is 9.37. The minimum absolute atomic E-state index is 0. The maximum absolute atomic E-state index is 10.4. The van der Waals surface area contributed by atoms with Crippen LogP contribution in [0.25, 0.3) is 33.6 Å². The second-order valence-corrected chi connectivity index (χ2v) is 9.29. The number of benzene rings is 2. The van der Waals surface area contributed by atoms with Crippen LogP contribution in [0.1, 0.15) is 43.0 Å². The van der Waals surface area contributed by atoms with E-state index in [1.165, 1.54) is 0 Å². The minimum atomic E-state index is -1.08. The van der Waals surface area contributed by atoms with Crippen molar-refractivity contribution in [3.8, 4) is 45.1 Å². The van der Waals surface area contributed by atoms with Crippen LogP contribution in [-0.2, 0) is 31.5 Å². The topological polar surface area (TPSA) is 187 Å². The summed E-state index contributed by atoms with van der Waals surface area (Å²) >= 11 is 0. The second kappa shape index (κ2) is 17.9. The van der Waals surface area contributed by atoms with Crippen molar-refractivity contribution >= 4 is 17.9 Å². The number of phenolic OH excluding ortho intramolecular Hbond substituents is 2. The quantitative estimate of drug-likeness (QED) is 0.319. The van der Waals surface area contributed by atoms with E-state index in [0.29, 0.717) is 0 Å². The first-order chi connectivity index (χ1) is 19.5. The molecule has 0 saturated heterocycles. The molecule has 0 saturated carbocycles. The average molecular weight is 629 g/mol. The van der Waals surface area contributed by atoms with Gasteiger partial charge >= 0.3 is 17.1 Å². The van der Waals surface area contributed by atoms with Crippen molar-refractivity contribution in [2.45, 2.75) is 48.5 Å².